The first-order valence-electron chi connectivity index (χ1n) is 3.50. The monoisotopic (exact) mass is 405 g/mol. The van der Waals surface area contributed by atoms with Gasteiger partial charge in [-0.05, 0) is 61.5 Å². The highest BCUT2D eigenvalue weighted by atomic mass is 127. The second-order valence-electron chi connectivity index (χ2n) is 2.64. The summed E-state index contributed by atoms with van der Waals surface area (Å²) >= 11 is 4.95. The maximum atomic E-state index is 2.48. The molecule has 0 unspecified atom stereocenters. The predicted octanol–water partition coefficient (Wildman–Crippen LogP) is 3.56. The number of anilines is 1. The summed E-state index contributed by atoms with van der Waals surface area (Å²) in [4.78, 5) is 2.12. The molecule has 0 aliphatic carbocycles. The van der Waals surface area contributed by atoms with Crippen LogP contribution in [0.5, 0.6) is 0 Å². The van der Waals surface area contributed by atoms with Crippen LogP contribution in [0.4, 0.5) is 5.69 Å². The highest BCUT2D eigenvalue weighted by Gasteiger charge is 2.01. The molecule has 0 saturated carbocycles. The lowest BCUT2D eigenvalue weighted by Gasteiger charge is -2.12. The zero-order chi connectivity index (χ0) is 9.14. The van der Waals surface area contributed by atoms with Crippen LogP contribution in [-0.2, 0) is 0 Å². The lowest BCUT2D eigenvalue weighted by atomic mass is 10.3. The van der Waals surface area contributed by atoms with E-state index in [9.17, 15) is 0 Å². The molecule has 1 aromatic rings. The fraction of sp³-hybridized carbons (Fsp3) is 0.250. The summed E-state index contributed by atoms with van der Waals surface area (Å²) < 4.78 is -0.00576. The normalized spacial score (nSPS) is 10.4. The van der Waals surface area contributed by atoms with Gasteiger partial charge in [-0.3, -0.25) is 0 Å². The van der Waals surface area contributed by atoms with Gasteiger partial charge in [0.2, 0.25) is 0 Å². The molecule has 0 radical (unpaired) electrons. The summed E-state index contributed by atoms with van der Waals surface area (Å²) in [5.41, 5.74) is 1.27. The lowest BCUT2D eigenvalue weighted by molar-refractivity contribution is 1.13. The minimum atomic E-state index is -0.00576. The molecule has 66 valence electrons. The number of hydrogen-bond donors (Lipinski definition) is 0. The molecule has 1 rings (SSSR count). The van der Waals surface area contributed by atoms with E-state index in [-0.39, 0.29) is 3.21 Å². The molecular formula is C8H10I2NP. The van der Waals surface area contributed by atoms with Crippen LogP contribution in [0.15, 0.2) is 24.3 Å². The third kappa shape index (κ3) is 3.00. The van der Waals surface area contributed by atoms with E-state index in [4.69, 9.17) is 0 Å². The van der Waals surface area contributed by atoms with Gasteiger partial charge in [0.05, 0.1) is 3.21 Å². The molecule has 4 heteroatoms. The van der Waals surface area contributed by atoms with Crippen molar-refractivity contribution in [2.45, 2.75) is 0 Å². The molecule has 0 amide bonds. The topological polar surface area (TPSA) is 3.24 Å². The Labute approximate surface area is 101 Å². The van der Waals surface area contributed by atoms with E-state index >= 15 is 0 Å². The minimum absolute atomic E-state index is 0.00576. The number of halogens is 2. The van der Waals surface area contributed by atoms with Gasteiger partial charge in [0.1, 0.15) is 0 Å². The Morgan fingerprint density at radius 2 is 1.58 bits per heavy atom. The third-order valence-corrected chi connectivity index (χ3v) is 5.59. The van der Waals surface area contributed by atoms with E-state index < -0.39 is 0 Å². The minimum Gasteiger partial charge on any atom is -0.378 e. The molecule has 0 saturated heterocycles. The van der Waals surface area contributed by atoms with Crippen molar-refractivity contribution >= 4 is 58.3 Å². The second kappa shape index (κ2) is 4.96. The van der Waals surface area contributed by atoms with Crippen LogP contribution < -0.4 is 10.2 Å². The maximum absolute atomic E-state index is 2.48. The van der Waals surface area contributed by atoms with Crippen LogP contribution in [0.3, 0.4) is 0 Å². The van der Waals surface area contributed by atoms with Gasteiger partial charge >= 0.3 is 0 Å². The molecule has 0 aromatic heterocycles. The molecule has 0 fully saturated rings. The van der Waals surface area contributed by atoms with E-state index in [1.165, 1.54) is 11.0 Å². The summed E-state index contributed by atoms with van der Waals surface area (Å²) in [7, 11) is 4.12. The fourth-order valence-corrected chi connectivity index (χ4v) is 3.17. The summed E-state index contributed by atoms with van der Waals surface area (Å²) in [5, 5.41) is 1.44. The van der Waals surface area contributed by atoms with Crippen LogP contribution in [0.25, 0.3) is 0 Å². The Kier molecular flexibility index (Phi) is 4.54. The third-order valence-electron chi connectivity index (χ3n) is 1.56. The molecule has 0 aliphatic rings. The summed E-state index contributed by atoms with van der Waals surface area (Å²) in [5.74, 6) is 0. The van der Waals surface area contributed by atoms with Crippen molar-refractivity contribution in [3.63, 3.8) is 0 Å². The number of nitrogens with zero attached hydrogens (tertiary/aromatic N) is 1. The lowest BCUT2D eigenvalue weighted by Crippen LogP contribution is -2.09. The number of rotatable bonds is 2. The summed E-state index contributed by atoms with van der Waals surface area (Å²) in [6, 6.07) is 8.75. The van der Waals surface area contributed by atoms with E-state index in [2.05, 4.69) is 87.3 Å². The molecule has 12 heavy (non-hydrogen) atoms. The highest BCUT2D eigenvalue weighted by Crippen LogP contribution is 2.52. The molecule has 0 heterocycles. The first kappa shape index (κ1) is 11.0. The summed E-state index contributed by atoms with van der Waals surface area (Å²) in [6.07, 6.45) is 0. The standard InChI is InChI=1S/C8H10I2NP/c1-11(2)7-3-5-8(6-4-7)12(9)10/h3-6H,1-2H3. The quantitative estimate of drug-likeness (QED) is 0.538. The van der Waals surface area contributed by atoms with Crippen LogP contribution in [0.2, 0.25) is 0 Å². The molecule has 1 aromatic carbocycles. The maximum Gasteiger partial charge on any atom is 0.0554 e. The average molecular weight is 405 g/mol. The van der Waals surface area contributed by atoms with Gasteiger partial charge in [-0.25, -0.2) is 0 Å². The van der Waals surface area contributed by atoms with E-state index in [1.807, 2.05) is 0 Å². The van der Waals surface area contributed by atoms with Crippen LogP contribution in [0.1, 0.15) is 0 Å². The largest absolute Gasteiger partial charge is 0.378 e. The van der Waals surface area contributed by atoms with E-state index in [0.717, 1.165) is 0 Å². The first-order valence-corrected chi connectivity index (χ1v) is 10.4. The van der Waals surface area contributed by atoms with Crippen molar-refractivity contribution < 1.29 is 0 Å². The van der Waals surface area contributed by atoms with Crippen molar-refractivity contribution in [3.8, 4) is 0 Å². The second-order valence-corrected chi connectivity index (χ2v) is 15.0. The van der Waals surface area contributed by atoms with Gasteiger partial charge in [-0.15, -0.1) is 0 Å². The Morgan fingerprint density at radius 1 is 1.08 bits per heavy atom. The van der Waals surface area contributed by atoms with Crippen molar-refractivity contribution in [2.24, 2.45) is 0 Å². The average Bonchev–Trinajstić information content (AvgIpc) is 2.04. The van der Waals surface area contributed by atoms with Gasteiger partial charge < -0.3 is 4.90 Å². The zero-order valence-corrected chi connectivity index (χ0v) is 12.2. The van der Waals surface area contributed by atoms with Crippen LogP contribution >= 0.6 is 47.3 Å². The van der Waals surface area contributed by atoms with E-state index in [1.54, 1.807) is 0 Å². The summed E-state index contributed by atoms with van der Waals surface area (Å²) in [6.45, 7) is 0. The van der Waals surface area contributed by atoms with Crippen LogP contribution in [0, 0.1) is 0 Å². The van der Waals surface area contributed by atoms with Crippen molar-refractivity contribution in [3.05, 3.63) is 24.3 Å². The number of benzene rings is 1. The molecule has 0 atom stereocenters. The molecule has 1 nitrogen and oxygen atoms in total. The van der Waals surface area contributed by atoms with Crippen molar-refractivity contribution in [2.75, 3.05) is 19.0 Å². The zero-order valence-electron chi connectivity index (χ0n) is 6.96. The predicted molar refractivity (Wildman–Crippen MR) is 75.4 cm³/mol. The fourth-order valence-electron chi connectivity index (χ4n) is 0.863. The smallest absolute Gasteiger partial charge is 0.0554 e. The Hall–Kier alpha value is 0.910. The van der Waals surface area contributed by atoms with Crippen molar-refractivity contribution in [1.82, 2.24) is 0 Å². The molecular weight excluding hydrogens is 395 g/mol. The highest BCUT2D eigenvalue weighted by molar-refractivity contribution is 14.3. The van der Waals surface area contributed by atoms with Gasteiger partial charge in [-0.2, -0.15) is 0 Å². The van der Waals surface area contributed by atoms with Gasteiger partial charge in [0.25, 0.3) is 0 Å². The number of hydrogen-bond acceptors (Lipinski definition) is 1. The molecule has 0 aliphatic heterocycles. The molecule has 0 bridgehead atoms. The molecule has 0 N–H and O–H groups in total. The Bertz CT molecular complexity index is 219. The van der Waals surface area contributed by atoms with E-state index in [0.29, 0.717) is 0 Å². The Balaban J connectivity index is 2.86. The van der Waals surface area contributed by atoms with Gasteiger partial charge in [0, 0.05) is 19.8 Å². The SMILES string of the molecule is CN(C)c1ccc(P(I)I)cc1. The van der Waals surface area contributed by atoms with Crippen molar-refractivity contribution in [1.29, 1.82) is 0 Å². The molecule has 0 spiro atoms. The first-order chi connectivity index (χ1) is 5.61. The van der Waals surface area contributed by atoms with Gasteiger partial charge in [0.15, 0.2) is 0 Å². The Morgan fingerprint density at radius 3 is 1.92 bits per heavy atom. The van der Waals surface area contributed by atoms with Gasteiger partial charge in [-0.1, -0.05) is 12.1 Å². The van der Waals surface area contributed by atoms with Crippen LogP contribution in [-0.4, -0.2) is 14.1 Å².